The van der Waals surface area contributed by atoms with E-state index in [1.165, 1.54) is 0 Å². The van der Waals surface area contributed by atoms with Crippen molar-refractivity contribution in [1.29, 1.82) is 0 Å². The zero-order chi connectivity index (χ0) is 15.9. The molecule has 0 fully saturated rings. The lowest BCUT2D eigenvalue weighted by atomic mass is 10.1. The molecule has 22 heavy (non-hydrogen) atoms. The van der Waals surface area contributed by atoms with E-state index in [0.717, 1.165) is 28.8 Å². The van der Waals surface area contributed by atoms with Crippen LogP contribution in [-0.4, -0.2) is 22.3 Å². The number of H-pyrrole nitrogens is 1. The molecule has 114 valence electrons. The van der Waals surface area contributed by atoms with Crippen LogP contribution in [0.4, 0.5) is 0 Å². The van der Waals surface area contributed by atoms with Crippen LogP contribution in [0.3, 0.4) is 0 Å². The van der Waals surface area contributed by atoms with E-state index in [2.05, 4.69) is 20.7 Å². The van der Waals surface area contributed by atoms with Crippen molar-refractivity contribution in [3.63, 3.8) is 0 Å². The number of aromatic amines is 1. The lowest BCUT2D eigenvalue weighted by molar-refractivity contribution is 0.0949. The molecule has 1 aromatic heterocycles. The van der Waals surface area contributed by atoms with Crippen molar-refractivity contribution in [1.82, 2.24) is 15.6 Å². The Kier molecular flexibility index (Phi) is 5.25. The number of hydrogen-bond donors (Lipinski definition) is 2. The number of nitrogens with one attached hydrogen (secondary N) is 2. The third-order valence-electron chi connectivity index (χ3n) is 3.31. The van der Waals surface area contributed by atoms with Gasteiger partial charge in [0.2, 0.25) is 0 Å². The Morgan fingerprint density at radius 2 is 2.09 bits per heavy atom. The highest BCUT2D eigenvalue weighted by Gasteiger charge is 2.14. The third kappa shape index (κ3) is 3.91. The van der Waals surface area contributed by atoms with Gasteiger partial charge in [-0.15, -0.1) is 0 Å². The highest BCUT2D eigenvalue weighted by Crippen LogP contribution is 2.10. The number of carbonyl (C=O) groups excluding carboxylic acids is 1. The highest BCUT2D eigenvalue weighted by molar-refractivity contribution is 5.94. The number of hydrogen-bond acceptors (Lipinski definition) is 3. The molecule has 1 amide bonds. The summed E-state index contributed by atoms with van der Waals surface area (Å²) in [5.41, 5.74) is 6.76. The molecular weight excluding hydrogens is 276 g/mol. The lowest BCUT2D eigenvalue weighted by Crippen LogP contribution is -2.19. The summed E-state index contributed by atoms with van der Waals surface area (Å²) in [4.78, 5) is 12.0. The van der Waals surface area contributed by atoms with E-state index in [0.29, 0.717) is 5.69 Å². The molecule has 0 spiro atoms. The first-order chi connectivity index (χ1) is 10.6. The molecule has 2 N–H and O–H groups in total. The molecule has 5 nitrogen and oxygen atoms in total. The maximum Gasteiger partial charge on any atom is 0.292 e. The van der Waals surface area contributed by atoms with E-state index in [-0.39, 0.29) is 5.91 Å². The summed E-state index contributed by atoms with van der Waals surface area (Å²) < 4.78 is 0. The molecule has 0 unspecified atom stereocenters. The molecule has 0 aliphatic heterocycles. The quantitative estimate of drug-likeness (QED) is 0.657. The first kappa shape index (κ1) is 15.7. The first-order valence-corrected chi connectivity index (χ1v) is 7.22. The Labute approximate surface area is 130 Å². The number of aromatic nitrogens is 2. The van der Waals surface area contributed by atoms with Crippen molar-refractivity contribution in [3.8, 4) is 0 Å². The van der Waals surface area contributed by atoms with Crippen LogP contribution in [0.1, 0.15) is 41.2 Å². The minimum atomic E-state index is -0.308. The lowest BCUT2D eigenvalue weighted by Gasteiger charge is -1.98. The monoisotopic (exact) mass is 296 g/mol. The standard InChI is InChI=1S/C17H20N4O/c1-4-15-13(3)16(20-19-15)17(22)21-18-11-12(2)10-14-8-6-5-7-9-14/h5-11H,4H2,1-3H3,(H,19,20)(H,21,22)/b12-10+,18-11+. The molecular formula is C17H20N4O. The van der Waals surface area contributed by atoms with Gasteiger partial charge >= 0.3 is 0 Å². The fourth-order valence-electron chi connectivity index (χ4n) is 2.09. The fraction of sp³-hybridized carbons (Fsp3) is 0.235. The summed E-state index contributed by atoms with van der Waals surface area (Å²) in [7, 11) is 0. The SMILES string of the molecule is CCc1[nH]nc(C(=O)N/N=C/C(C)=C/c2ccccc2)c1C. The van der Waals surface area contributed by atoms with Crippen LogP contribution < -0.4 is 5.43 Å². The van der Waals surface area contributed by atoms with Gasteiger partial charge in [0.1, 0.15) is 0 Å². The Bertz CT molecular complexity index is 699. The van der Waals surface area contributed by atoms with Crippen LogP contribution in [0.5, 0.6) is 0 Å². The zero-order valence-corrected chi connectivity index (χ0v) is 13.1. The third-order valence-corrected chi connectivity index (χ3v) is 3.31. The van der Waals surface area contributed by atoms with Gasteiger partial charge in [-0.2, -0.15) is 10.2 Å². The summed E-state index contributed by atoms with van der Waals surface area (Å²) >= 11 is 0. The van der Waals surface area contributed by atoms with Gasteiger partial charge in [-0.3, -0.25) is 9.89 Å². The van der Waals surface area contributed by atoms with Crippen LogP contribution in [0.2, 0.25) is 0 Å². The zero-order valence-electron chi connectivity index (χ0n) is 13.1. The number of aryl methyl sites for hydroxylation is 1. The average Bonchev–Trinajstić information content (AvgIpc) is 2.89. The van der Waals surface area contributed by atoms with Crippen molar-refractivity contribution >= 4 is 18.2 Å². The maximum absolute atomic E-state index is 12.0. The van der Waals surface area contributed by atoms with Gasteiger partial charge in [-0.05, 0) is 31.4 Å². The van der Waals surface area contributed by atoms with Gasteiger partial charge in [0.05, 0.1) is 6.21 Å². The van der Waals surface area contributed by atoms with Crippen molar-refractivity contribution in [3.05, 3.63) is 58.4 Å². The fourth-order valence-corrected chi connectivity index (χ4v) is 2.09. The molecule has 2 rings (SSSR count). The molecule has 0 saturated heterocycles. The van der Waals surface area contributed by atoms with E-state index in [1.54, 1.807) is 6.21 Å². The summed E-state index contributed by atoms with van der Waals surface area (Å²) in [6, 6.07) is 9.94. The number of nitrogens with zero attached hydrogens (tertiary/aromatic N) is 2. The molecule has 0 radical (unpaired) electrons. The number of allylic oxidation sites excluding steroid dienone is 1. The number of hydrazone groups is 1. The predicted octanol–water partition coefficient (Wildman–Crippen LogP) is 3.10. The summed E-state index contributed by atoms with van der Waals surface area (Å²) in [5, 5.41) is 10.9. The second-order valence-corrected chi connectivity index (χ2v) is 5.03. The Morgan fingerprint density at radius 1 is 1.36 bits per heavy atom. The van der Waals surface area contributed by atoms with Crippen molar-refractivity contribution < 1.29 is 4.79 Å². The summed E-state index contributed by atoms with van der Waals surface area (Å²) in [5.74, 6) is -0.308. The molecule has 0 aliphatic carbocycles. The van der Waals surface area contributed by atoms with Crippen LogP contribution in [0, 0.1) is 6.92 Å². The Hall–Kier alpha value is -2.69. The maximum atomic E-state index is 12.0. The molecule has 5 heteroatoms. The summed E-state index contributed by atoms with van der Waals surface area (Å²) in [6.45, 7) is 5.82. The Balaban J connectivity index is 1.98. The van der Waals surface area contributed by atoms with Crippen LogP contribution in [0.15, 0.2) is 41.0 Å². The van der Waals surface area contributed by atoms with Gasteiger partial charge in [0.15, 0.2) is 5.69 Å². The Morgan fingerprint density at radius 3 is 2.73 bits per heavy atom. The van der Waals surface area contributed by atoms with Crippen molar-refractivity contribution in [2.24, 2.45) is 5.10 Å². The first-order valence-electron chi connectivity index (χ1n) is 7.22. The largest absolute Gasteiger partial charge is 0.292 e. The van der Waals surface area contributed by atoms with E-state index >= 15 is 0 Å². The number of carbonyl (C=O) groups is 1. The van der Waals surface area contributed by atoms with Gasteiger partial charge in [0.25, 0.3) is 5.91 Å². The molecule has 0 aliphatic rings. The van der Waals surface area contributed by atoms with E-state index in [4.69, 9.17) is 0 Å². The van der Waals surface area contributed by atoms with E-state index in [9.17, 15) is 4.79 Å². The minimum Gasteiger partial charge on any atom is -0.282 e. The van der Waals surface area contributed by atoms with E-state index in [1.807, 2.05) is 57.2 Å². The summed E-state index contributed by atoms with van der Waals surface area (Å²) in [6.07, 6.45) is 4.42. The molecule has 1 aromatic carbocycles. The van der Waals surface area contributed by atoms with Gasteiger partial charge in [-0.25, -0.2) is 5.43 Å². The molecule has 2 aromatic rings. The van der Waals surface area contributed by atoms with Crippen molar-refractivity contribution in [2.45, 2.75) is 27.2 Å². The van der Waals surface area contributed by atoms with E-state index < -0.39 is 0 Å². The van der Waals surface area contributed by atoms with Crippen LogP contribution >= 0.6 is 0 Å². The number of benzene rings is 1. The van der Waals surface area contributed by atoms with Crippen LogP contribution in [-0.2, 0) is 6.42 Å². The smallest absolute Gasteiger partial charge is 0.282 e. The van der Waals surface area contributed by atoms with Gasteiger partial charge < -0.3 is 0 Å². The topological polar surface area (TPSA) is 70.1 Å². The molecule has 0 saturated carbocycles. The molecule has 1 heterocycles. The normalized spacial score (nSPS) is 11.9. The van der Waals surface area contributed by atoms with Crippen molar-refractivity contribution in [2.75, 3.05) is 0 Å². The van der Waals surface area contributed by atoms with Gasteiger partial charge in [-0.1, -0.05) is 43.3 Å². The second kappa shape index (κ2) is 7.36. The highest BCUT2D eigenvalue weighted by atomic mass is 16.2. The molecule has 0 bridgehead atoms. The minimum absolute atomic E-state index is 0.308. The predicted molar refractivity (Wildman–Crippen MR) is 88.8 cm³/mol. The van der Waals surface area contributed by atoms with Gasteiger partial charge in [0, 0.05) is 11.3 Å². The number of amides is 1. The average molecular weight is 296 g/mol. The number of rotatable bonds is 5. The second-order valence-electron chi connectivity index (χ2n) is 5.03. The molecule has 0 atom stereocenters. The van der Waals surface area contributed by atoms with Crippen LogP contribution in [0.25, 0.3) is 6.08 Å².